The summed E-state index contributed by atoms with van der Waals surface area (Å²) in [4.78, 5) is 0. The molecule has 0 radical (unpaired) electrons. The maximum atomic E-state index is 10.8. The van der Waals surface area contributed by atoms with Crippen molar-refractivity contribution in [1.29, 1.82) is 0 Å². The van der Waals surface area contributed by atoms with Crippen LogP contribution in [0.15, 0.2) is 12.1 Å². The Labute approximate surface area is 193 Å². The first-order chi connectivity index (χ1) is 15.4. The van der Waals surface area contributed by atoms with Crippen LogP contribution in [0.5, 0.6) is 11.5 Å². The van der Waals surface area contributed by atoms with Gasteiger partial charge in [0.15, 0.2) is 0 Å². The molecule has 2 aliphatic rings. The van der Waals surface area contributed by atoms with E-state index in [4.69, 9.17) is 11.5 Å². The van der Waals surface area contributed by atoms with E-state index in [0.29, 0.717) is 34.7 Å². The SMILES string of the molecule is Cc1c(CCc2cc(C3CCCCC3)c(O)c(N)c2C)cc(C2CCCCC2)c(O)c1N. The van der Waals surface area contributed by atoms with Gasteiger partial charge in [-0.05, 0) is 97.6 Å². The molecule has 6 N–H and O–H groups in total. The van der Waals surface area contributed by atoms with Gasteiger partial charge in [-0.3, -0.25) is 0 Å². The fraction of sp³-hybridized carbons (Fsp3) is 0.571. The normalized spacial score (nSPS) is 18.2. The van der Waals surface area contributed by atoms with Crippen LogP contribution in [-0.2, 0) is 12.8 Å². The highest BCUT2D eigenvalue weighted by molar-refractivity contribution is 5.66. The summed E-state index contributed by atoms with van der Waals surface area (Å²) in [6.45, 7) is 4.03. The number of rotatable bonds is 5. The molecule has 4 nitrogen and oxygen atoms in total. The monoisotopic (exact) mass is 436 g/mol. The van der Waals surface area contributed by atoms with Crippen molar-refractivity contribution in [3.05, 3.63) is 45.5 Å². The van der Waals surface area contributed by atoms with E-state index in [2.05, 4.69) is 12.1 Å². The van der Waals surface area contributed by atoms with Gasteiger partial charge in [-0.1, -0.05) is 50.7 Å². The molecule has 0 heterocycles. The number of aromatic hydroxyl groups is 2. The summed E-state index contributed by atoms with van der Waals surface area (Å²) < 4.78 is 0. The molecule has 0 saturated heterocycles. The molecule has 0 bridgehead atoms. The van der Waals surface area contributed by atoms with Crippen LogP contribution in [0, 0.1) is 13.8 Å². The average molecular weight is 437 g/mol. The lowest BCUT2D eigenvalue weighted by Crippen LogP contribution is -2.10. The van der Waals surface area contributed by atoms with E-state index >= 15 is 0 Å². The zero-order valence-corrected chi connectivity index (χ0v) is 19.8. The second kappa shape index (κ2) is 9.64. The molecule has 0 amide bonds. The van der Waals surface area contributed by atoms with Crippen molar-refractivity contribution in [3.8, 4) is 11.5 Å². The van der Waals surface area contributed by atoms with Crippen molar-refractivity contribution < 1.29 is 10.2 Å². The topological polar surface area (TPSA) is 92.5 Å². The zero-order chi connectivity index (χ0) is 22.8. The number of benzene rings is 2. The van der Waals surface area contributed by atoms with E-state index in [0.717, 1.165) is 60.8 Å². The molecule has 2 saturated carbocycles. The van der Waals surface area contributed by atoms with Crippen molar-refractivity contribution in [2.24, 2.45) is 0 Å². The molecule has 4 heteroatoms. The Morgan fingerprint density at radius 3 is 1.34 bits per heavy atom. The van der Waals surface area contributed by atoms with Gasteiger partial charge in [0.25, 0.3) is 0 Å². The highest BCUT2D eigenvalue weighted by Gasteiger charge is 2.24. The molecular formula is C28H40N2O2. The molecule has 0 aliphatic heterocycles. The molecule has 32 heavy (non-hydrogen) atoms. The summed E-state index contributed by atoms with van der Waals surface area (Å²) in [6.07, 6.45) is 13.7. The quantitative estimate of drug-likeness (QED) is 0.308. The molecular weight excluding hydrogens is 396 g/mol. The second-order valence-electron chi connectivity index (χ2n) is 10.2. The summed E-state index contributed by atoms with van der Waals surface area (Å²) in [7, 11) is 0. The lowest BCUT2D eigenvalue weighted by Gasteiger charge is -2.26. The second-order valence-corrected chi connectivity index (χ2v) is 10.2. The van der Waals surface area contributed by atoms with Crippen molar-refractivity contribution in [2.75, 3.05) is 11.5 Å². The number of nitrogens with two attached hydrogens (primary N) is 2. The van der Waals surface area contributed by atoms with E-state index in [1.54, 1.807) is 0 Å². The summed E-state index contributed by atoms with van der Waals surface area (Å²) in [5.41, 5.74) is 20.2. The van der Waals surface area contributed by atoms with Crippen molar-refractivity contribution >= 4 is 11.4 Å². The Balaban J connectivity index is 1.62. The number of anilines is 2. The standard InChI is InChI=1S/C28H40N2O2/c1-17-21(15-23(27(31)25(17)29)19-9-5-3-6-10-19)13-14-22-16-24(20-11-7-4-8-12-20)28(32)26(30)18(22)2/h15-16,19-20,31-32H,3-14,29-30H2,1-2H3. The highest BCUT2D eigenvalue weighted by Crippen LogP contribution is 2.44. The first-order valence-electron chi connectivity index (χ1n) is 12.6. The maximum absolute atomic E-state index is 10.8. The molecule has 4 rings (SSSR count). The van der Waals surface area contributed by atoms with Gasteiger partial charge in [-0.25, -0.2) is 0 Å². The maximum Gasteiger partial charge on any atom is 0.142 e. The lowest BCUT2D eigenvalue weighted by molar-refractivity contribution is 0.414. The molecule has 0 unspecified atom stereocenters. The molecule has 0 spiro atoms. The minimum absolute atomic E-state index is 0.294. The van der Waals surface area contributed by atoms with E-state index < -0.39 is 0 Å². The Kier molecular flexibility index (Phi) is 6.88. The zero-order valence-electron chi connectivity index (χ0n) is 19.8. The van der Waals surface area contributed by atoms with Gasteiger partial charge < -0.3 is 21.7 Å². The summed E-state index contributed by atoms with van der Waals surface area (Å²) >= 11 is 0. The minimum atomic E-state index is 0.294. The highest BCUT2D eigenvalue weighted by atomic mass is 16.3. The van der Waals surface area contributed by atoms with E-state index in [9.17, 15) is 10.2 Å². The molecule has 2 aliphatic carbocycles. The summed E-state index contributed by atoms with van der Waals surface area (Å²) in [6, 6.07) is 4.41. The van der Waals surface area contributed by atoms with E-state index in [1.165, 1.54) is 49.7 Å². The molecule has 2 aromatic rings. The van der Waals surface area contributed by atoms with Crippen molar-refractivity contribution in [1.82, 2.24) is 0 Å². The van der Waals surface area contributed by atoms with Crippen molar-refractivity contribution in [3.63, 3.8) is 0 Å². The largest absolute Gasteiger partial charge is 0.505 e. The number of hydrogen-bond acceptors (Lipinski definition) is 4. The van der Waals surface area contributed by atoms with Gasteiger partial charge in [0.05, 0.1) is 11.4 Å². The fourth-order valence-electron chi connectivity index (χ4n) is 5.98. The van der Waals surface area contributed by atoms with E-state index in [-0.39, 0.29) is 0 Å². The Hall–Kier alpha value is -2.36. The minimum Gasteiger partial charge on any atom is -0.505 e. The number of aryl methyl sites for hydroxylation is 2. The van der Waals surface area contributed by atoms with Gasteiger partial charge in [-0.15, -0.1) is 0 Å². The lowest BCUT2D eigenvalue weighted by atomic mass is 9.80. The first-order valence-corrected chi connectivity index (χ1v) is 12.6. The van der Waals surface area contributed by atoms with Gasteiger partial charge in [0.2, 0.25) is 0 Å². The van der Waals surface area contributed by atoms with E-state index in [1.807, 2.05) is 13.8 Å². The molecule has 0 atom stereocenters. The number of hydrogen-bond donors (Lipinski definition) is 4. The molecule has 0 aromatic heterocycles. The van der Waals surface area contributed by atoms with Crippen LogP contribution >= 0.6 is 0 Å². The van der Waals surface area contributed by atoms with Crippen LogP contribution < -0.4 is 11.5 Å². The predicted molar refractivity (Wildman–Crippen MR) is 134 cm³/mol. The van der Waals surface area contributed by atoms with Crippen molar-refractivity contribution in [2.45, 2.75) is 103 Å². The van der Waals surface area contributed by atoms with Gasteiger partial charge >= 0.3 is 0 Å². The number of phenolic OH excluding ortho intramolecular Hbond substituents is 2. The van der Waals surface area contributed by atoms with Gasteiger partial charge in [0, 0.05) is 0 Å². The van der Waals surface area contributed by atoms with Crippen LogP contribution in [0.2, 0.25) is 0 Å². The Bertz CT molecular complexity index is 891. The van der Waals surface area contributed by atoms with Gasteiger partial charge in [-0.2, -0.15) is 0 Å². The molecule has 2 aromatic carbocycles. The average Bonchev–Trinajstić information content (AvgIpc) is 2.83. The Morgan fingerprint density at radius 2 is 1.00 bits per heavy atom. The third-order valence-corrected chi connectivity index (χ3v) is 8.24. The first kappa shape index (κ1) is 22.8. The molecule has 2 fully saturated rings. The summed E-state index contributed by atoms with van der Waals surface area (Å²) in [5, 5.41) is 21.5. The Morgan fingerprint density at radius 1 is 0.656 bits per heavy atom. The fourth-order valence-corrected chi connectivity index (χ4v) is 5.98. The van der Waals surface area contributed by atoms with Gasteiger partial charge in [0.1, 0.15) is 11.5 Å². The smallest absolute Gasteiger partial charge is 0.142 e. The number of phenols is 2. The van der Waals surface area contributed by atoms with Crippen LogP contribution in [0.25, 0.3) is 0 Å². The summed E-state index contributed by atoms with van der Waals surface area (Å²) in [5.74, 6) is 1.41. The third-order valence-electron chi connectivity index (χ3n) is 8.24. The van der Waals surface area contributed by atoms with Crippen LogP contribution in [0.4, 0.5) is 11.4 Å². The molecule has 174 valence electrons. The predicted octanol–water partition coefficient (Wildman–Crippen LogP) is 6.76. The van der Waals surface area contributed by atoms with Crippen LogP contribution in [0.1, 0.15) is 109 Å². The third kappa shape index (κ3) is 4.42. The van der Waals surface area contributed by atoms with Crippen LogP contribution in [-0.4, -0.2) is 10.2 Å². The van der Waals surface area contributed by atoms with Crippen LogP contribution in [0.3, 0.4) is 0 Å². The number of nitrogen functional groups attached to an aromatic ring is 2.